The van der Waals surface area contributed by atoms with Crippen LogP contribution in [0.4, 0.5) is 5.69 Å². The summed E-state index contributed by atoms with van der Waals surface area (Å²) in [4.78, 5) is 15.1. The number of aliphatic hydroxyl groups is 1. The maximum absolute atomic E-state index is 13.2. The van der Waals surface area contributed by atoms with Gasteiger partial charge in [0.05, 0.1) is 13.2 Å². The zero-order valence-corrected chi connectivity index (χ0v) is 18.1. The number of rotatable bonds is 6. The van der Waals surface area contributed by atoms with Crippen molar-refractivity contribution >= 4 is 11.6 Å². The average molecular weight is 431 g/mol. The Kier molecular flexibility index (Phi) is 5.55. The molecule has 0 spiro atoms. The number of anilines is 1. The minimum Gasteiger partial charge on any atom is -0.486 e. The van der Waals surface area contributed by atoms with Gasteiger partial charge in [0.2, 0.25) is 0 Å². The molecule has 2 aliphatic rings. The van der Waals surface area contributed by atoms with Gasteiger partial charge in [0, 0.05) is 24.3 Å². The Bertz CT molecular complexity index is 1170. The number of hydrogen-bond donors (Lipinski definition) is 2. The minimum atomic E-state index is 0.0253. The lowest BCUT2D eigenvalue weighted by Gasteiger charge is -2.22. The number of benzene rings is 3. The molecule has 5 rings (SSSR count). The van der Waals surface area contributed by atoms with Crippen LogP contribution >= 0.6 is 0 Å². The maximum Gasteiger partial charge on any atom is 0.258 e. The highest BCUT2D eigenvalue weighted by atomic mass is 16.6. The van der Waals surface area contributed by atoms with Gasteiger partial charge in [-0.25, -0.2) is 0 Å². The van der Waals surface area contributed by atoms with Crippen molar-refractivity contribution in [2.24, 2.45) is 0 Å². The third-order valence-corrected chi connectivity index (χ3v) is 6.04. The zero-order chi connectivity index (χ0) is 22.1. The van der Waals surface area contributed by atoms with Crippen molar-refractivity contribution in [1.82, 2.24) is 5.32 Å². The van der Waals surface area contributed by atoms with Crippen molar-refractivity contribution < 1.29 is 19.4 Å². The maximum atomic E-state index is 13.2. The largest absolute Gasteiger partial charge is 0.486 e. The van der Waals surface area contributed by atoms with Crippen LogP contribution in [-0.4, -0.2) is 37.4 Å². The van der Waals surface area contributed by atoms with Crippen LogP contribution in [-0.2, 0) is 13.1 Å². The molecule has 0 saturated heterocycles. The summed E-state index contributed by atoms with van der Waals surface area (Å²) in [5.41, 5.74) is 6.96. The van der Waals surface area contributed by atoms with Gasteiger partial charge in [0.25, 0.3) is 5.91 Å². The van der Waals surface area contributed by atoms with Crippen molar-refractivity contribution in [3.05, 3.63) is 76.9 Å². The Labute approximate surface area is 187 Å². The molecule has 3 aromatic carbocycles. The van der Waals surface area contributed by atoms with Crippen LogP contribution in [0.2, 0.25) is 0 Å². The van der Waals surface area contributed by atoms with Crippen molar-refractivity contribution in [2.45, 2.75) is 20.0 Å². The predicted molar refractivity (Wildman–Crippen MR) is 123 cm³/mol. The summed E-state index contributed by atoms with van der Waals surface area (Å²) in [7, 11) is 0. The lowest BCUT2D eigenvalue weighted by atomic mass is 9.98. The highest BCUT2D eigenvalue weighted by molar-refractivity contribution is 6.10. The molecule has 0 unspecified atom stereocenters. The number of carbonyl (C=O) groups excluding carboxylic acids is 1. The van der Waals surface area contributed by atoms with E-state index in [1.165, 1.54) is 0 Å². The van der Waals surface area contributed by atoms with Gasteiger partial charge in [-0.1, -0.05) is 30.3 Å². The molecule has 2 N–H and O–H groups in total. The van der Waals surface area contributed by atoms with Crippen molar-refractivity contribution in [2.75, 3.05) is 31.3 Å². The highest BCUT2D eigenvalue weighted by Crippen LogP contribution is 2.39. The second-order valence-electron chi connectivity index (χ2n) is 8.09. The Morgan fingerprint density at radius 1 is 1.00 bits per heavy atom. The molecule has 0 bridgehead atoms. The SMILES string of the molecule is Cc1c(-c2ccc3c(c2)OCCO3)cccc1N1Cc2cc(CNCCO)ccc2C1=O. The number of nitrogens with zero attached hydrogens (tertiary/aromatic N) is 1. The van der Waals surface area contributed by atoms with E-state index in [1.807, 2.05) is 47.4 Å². The fraction of sp³-hybridized carbons (Fsp3) is 0.269. The van der Waals surface area contributed by atoms with E-state index in [1.54, 1.807) is 0 Å². The van der Waals surface area contributed by atoms with E-state index >= 15 is 0 Å². The number of nitrogens with one attached hydrogen (secondary N) is 1. The van der Waals surface area contributed by atoms with E-state index in [0.29, 0.717) is 32.8 Å². The first-order valence-corrected chi connectivity index (χ1v) is 10.9. The normalized spacial score (nSPS) is 14.6. The third kappa shape index (κ3) is 3.72. The van der Waals surface area contributed by atoms with E-state index in [2.05, 4.69) is 24.4 Å². The summed E-state index contributed by atoms with van der Waals surface area (Å²) < 4.78 is 11.4. The van der Waals surface area contributed by atoms with Gasteiger partial charge in [-0.3, -0.25) is 4.79 Å². The van der Waals surface area contributed by atoms with Gasteiger partial charge in [-0.15, -0.1) is 0 Å². The summed E-state index contributed by atoms with van der Waals surface area (Å²) in [6.07, 6.45) is 0. The van der Waals surface area contributed by atoms with Gasteiger partial charge in [0.15, 0.2) is 11.5 Å². The smallest absolute Gasteiger partial charge is 0.258 e. The molecule has 1 amide bonds. The topological polar surface area (TPSA) is 71.0 Å². The Balaban J connectivity index is 1.43. The summed E-state index contributed by atoms with van der Waals surface area (Å²) in [6, 6.07) is 18.0. The number of fused-ring (bicyclic) bond motifs is 2. The molecular formula is C26H26N2O4. The van der Waals surface area contributed by atoms with E-state index < -0.39 is 0 Å². The molecule has 6 heteroatoms. The summed E-state index contributed by atoms with van der Waals surface area (Å²) in [5, 5.41) is 12.1. The number of amides is 1. The number of carbonyl (C=O) groups is 1. The Morgan fingerprint density at radius 2 is 1.84 bits per heavy atom. The van der Waals surface area contributed by atoms with Crippen LogP contribution < -0.4 is 19.7 Å². The van der Waals surface area contributed by atoms with Gasteiger partial charge in [-0.05, 0) is 59.0 Å². The quantitative estimate of drug-likeness (QED) is 0.584. The van der Waals surface area contributed by atoms with Crippen LogP contribution in [0.3, 0.4) is 0 Å². The second-order valence-corrected chi connectivity index (χ2v) is 8.09. The molecule has 0 aliphatic carbocycles. The molecule has 0 aromatic heterocycles. The van der Waals surface area contributed by atoms with Crippen molar-refractivity contribution in [3.63, 3.8) is 0 Å². The minimum absolute atomic E-state index is 0.0253. The molecule has 164 valence electrons. The summed E-state index contributed by atoms with van der Waals surface area (Å²) in [6.45, 7) is 5.05. The van der Waals surface area contributed by atoms with E-state index in [4.69, 9.17) is 14.6 Å². The average Bonchev–Trinajstić information content (AvgIpc) is 3.14. The van der Waals surface area contributed by atoms with Crippen LogP contribution in [0.25, 0.3) is 11.1 Å². The summed E-state index contributed by atoms with van der Waals surface area (Å²) in [5.74, 6) is 1.55. The van der Waals surface area contributed by atoms with Crippen LogP contribution in [0.1, 0.15) is 27.0 Å². The van der Waals surface area contributed by atoms with Crippen LogP contribution in [0.5, 0.6) is 11.5 Å². The molecule has 6 nitrogen and oxygen atoms in total. The molecule has 32 heavy (non-hydrogen) atoms. The Morgan fingerprint density at radius 3 is 2.69 bits per heavy atom. The lowest BCUT2D eigenvalue weighted by molar-refractivity contribution is 0.0996. The first-order valence-electron chi connectivity index (χ1n) is 10.9. The van der Waals surface area contributed by atoms with Gasteiger partial charge in [0.1, 0.15) is 13.2 Å². The second kappa shape index (κ2) is 8.65. The molecule has 0 saturated carbocycles. The van der Waals surface area contributed by atoms with Crippen LogP contribution in [0.15, 0.2) is 54.6 Å². The summed E-state index contributed by atoms with van der Waals surface area (Å²) >= 11 is 0. The third-order valence-electron chi connectivity index (χ3n) is 6.04. The molecule has 2 aliphatic heterocycles. The molecule has 0 atom stereocenters. The monoisotopic (exact) mass is 430 g/mol. The first kappa shape index (κ1) is 20.5. The zero-order valence-electron chi connectivity index (χ0n) is 18.1. The van der Waals surface area contributed by atoms with Gasteiger partial charge >= 0.3 is 0 Å². The van der Waals surface area contributed by atoms with Crippen molar-refractivity contribution in [1.29, 1.82) is 0 Å². The lowest BCUT2D eigenvalue weighted by Crippen LogP contribution is -2.24. The fourth-order valence-electron chi connectivity index (χ4n) is 4.43. The van der Waals surface area contributed by atoms with E-state index in [-0.39, 0.29) is 12.5 Å². The molecular weight excluding hydrogens is 404 g/mol. The standard InChI is InChI=1S/C26H26N2O4/c1-17-21(19-6-8-24-25(14-19)32-12-11-31-24)3-2-4-23(17)28-16-20-13-18(15-27-9-10-29)5-7-22(20)26(28)30/h2-8,13-14,27,29H,9-12,15-16H2,1H3. The van der Waals surface area contributed by atoms with E-state index in [9.17, 15) is 4.79 Å². The number of ether oxygens (including phenoxy) is 2. The molecule has 2 heterocycles. The van der Waals surface area contributed by atoms with E-state index in [0.717, 1.165) is 50.6 Å². The van der Waals surface area contributed by atoms with Crippen molar-refractivity contribution in [3.8, 4) is 22.6 Å². The predicted octanol–water partition coefficient (Wildman–Crippen LogP) is 3.68. The highest BCUT2D eigenvalue weighted by Gasteiger charge is 2.30. The molecule has 0 radical (unpaired) electrons. The number of hydrogen-bond acceptors (Lipinski definition) is 5. The fourth-order valence-corrected chi connectivity index (χ4v) is 4.43. The molecule has 0 fully saturated rings. The first-order chi connectivity index (χ1) is 15.7. The van der Waals surface area contributed by atoms with Gasteiger partial charge in [-0.2, -0.15) is 0 Å². The van der Waals surface area contributed by atoms with Crippen LogP contribution in [0, 0.1) is 6.92 Å². The van der Waals surface area contributed by atoms with Gasteiger partial charge < -0.3 is 24.8 Å². The Hall–Kier alpha value is -3.35. The molecule has 3 aromatic rings. The number of aliphatic hydroxyl groups excluding tert-OH is 1.